The number of aliphatic hydroxyl groups is 1. The predicted octanol–water partition coefficient (Wildman–Crippen LogP) is 2.73. The zero-order valence-corrected chi connectivity index (χ0v) is 10.2. The Balaban J connectivity index is 3.26. The van der Waals surface area contributed by atoms with Crippen LogP contribution in [0.4, 0.5) is 0 Å². The van der Waals surface area contributed by atoms with Crippen LogP contribution in [0.2, 0.25) is 0 Å². The summed E-state index contributed by atoms with van der Waals surface area (Å²) in [4.78, 5) is 0. The first-order chi connectivity index (χ1) is 6.38. The molecule has 0 aromatic heterocycles. The quantitative estimate of drug-likeness (QED) is 0.857. The van der Waals surface area contributed by atoms with Gasteiger partial charge in [-0.05, 0) is 24.6 Å². The number of rotatable bonds is 2. The molecular weight excluding hydrogens is 244 g/mol. The van der Waals surface area contributed by atoms with E-state index >= 15 is 0 Å². The van der Waals surface area contributed by atoms with Crippen molar-refractivity contribution in [3.8, 4) is 5.75 Å². The molecule has 14 heavy (non-hydrogen) atoms. The third kappa shape index (κ3) is 2.10. The lowest BCUT2D eigenvalue weighted by Crippen LogP contribution is -2.22. The minimum Gasteiger partial charge on any atom is -0.508 e. The van der Waals surface area contributed by atoms with E-state index in [2.05, 4.69) is 15.9 Å². The van der Waals surface area contributed by atoms with Crippen molar-refractivity contribution in [2.75, 3.05) is 6.61 Å². The lowest BCUT2D eigenvalue weighted by Gasteiger charge is -2.23. The van der Waals surface area contributed by atoms with Gasteiger partial charge in [0.15, 0.2) is 0 Å². The smallest absolute Gasteiger partial charge is 0.119 e. The first kappa shape index (κ1) is 11.5. The summed E-state index contributed by atoms with van der Waals surface area (Å²) in [6.07, 6.45) is 0. The number of phenols is 1. The van der Waals surface area contributed by atoms with Crippen molar-refractivity contribution in [2.45, 2.75) is 26.2 Å². The van der Waals surface area contributed by atoms with Crippen molar-refractivity contribution in [3.63, 3.8) is 0 Å². The molecule has 2 N–H and O–H groups in total. The molecule has 0 unspecified atom stereocenters. The van der Waals surface area contributed by atoms with Gasteiger partial charge in [0.05, 0.1) is 6.61 Å². The monoisotopic (exact) mass is 258 g/mol. The summed E-state index contributed by atoms with van der Waals surface area (Å²) < 4.78 is 0.869. The minimum absolute atomic E-state index is 0.0575. The van der Waals surface area contributed by atoms with E-state index in [0.29, 0.717) is 0 Å². The summed E-state index contributed by atoms with van der Waals surface area (Å²) in [6.45, 7) is 5.77. The Bertz CT molecular complexity index is 322. The predicted molar refractivity (Wildman–Crippen MR) is 60.7 cm³/mol. The van der Waals surface area contributed by atoms with Crippen LogP contribution >= 0.6 is 15.9 Å². The van der Waals surface area contributed by atoms with Gasteiger partial charge in [0.2, 0.25) is 0 Å². The second-order valence-corrected chi connectivity index (χ2v) is 5.00. The Morgan fingerprint density at radius 3 is 2.36 bits per heavy atom. The average molecular weight is 259 g/mol. The molecule has 0 aliphatic rings. The van der Waals surface area contributed by atoms with E-state index in [1.54, 1.807) is 6.07 Å². The Kier molecular flexibility index (Phi) is 3.22. The lowest BCUT2D eigenvalue weighted by atomic mass is 9.85. The van der Waals surface area contributed by atoms with Crippen LogP contribution in [0.5, 0.6) is 5.75 Å². The number of hydrogen-bond acceptors (Lipinski definition) is 2. The average Bonchev–Trinajstić information content (AvgIpc) is 2.13. The molecule has 0 saturated carbocycles. The van der Waals surface area contributed by atoms with Gasteiger partial charge in [0.25, 0.3) is 0 Å². The molecule has 2 nitrogen and oxygen atoms in total. The maximum atomic E-state index is 9.63. The third-order valence-corrected chi connectivity index (χ3v) is 3.32. The van der Waals surface area contributed by atoms with Crippen molar-refractivity contribution in [3.05, 3.63) is 27.7 Å². The summed E-state index contributed by atoms with van der Waals surface area (Å²) in [5, 5.41) is 18.8. The molecule has 3 heteroatoms. The minimum atomic E-state index is -0.326. The van der Waals surface area contributed by atoms with Gasteiger partial charge in [-0.3, -0.25) is 0 Å². The molecule has 0 amide bonds. The fraction of sp³-hybridized carbons (Fsp3) is 0.455. The standard InChI is InChI=1S/C11H15BrO2/c1-7-9(12)4-8(5-10(7)14)11(2,3)6-13/h4-5,13-14H,6H2,1-3H3. The lowest BCUT2D eigenvalue weighted by molar-refractivity contribution is 0.218. The van der Waals surface area contributed by atoms with Crippen LogP contribution in [-0.4, -0.2) is 16.8 Å². The molecule has 0 fully saturated rings. The fourth-order valence-corrected chi connectivity index (χ4v) is 1.60. The van der Waals surface area contributed by atoms with Crippen LogP contribution in [0.3, 0.4) is 0 Å². The zero-order chi connectivity index (χ0) is 10.9. The van der Waals surface area contributed by atoms with Crippen LogP contribution in [0.25, 0.3) is 0 Å². The van der Waals surface area contributed by atoms with Gasteiger partial charge in [-0.1, -0.05) is 29.8 Å². The first-order valence-electron chi connectivity index (χ1n) is 4.49. The molecule has 0 bridgehead atoms. The number of benzene rings is 1. The van der Waals surface area contributed by atoms with Crippen LogP contribution in [0, 0.1) is 6.92 Å². The van der Waals surface area contributed by atoms with Crippen LogP contribution in [0.1, 0.15) is 25.0 Å². The van der Waals surface area contributed by atoms with Gasteiger partial charge in [-0.2, -0.15) is 0 Å². The molecule has 1 rings (SSSR count). The van der Waals surface area contributed by atoms with E-state index in [1.807, 2.05) is 26.8 Å². The summed E-state index contributed by atoms with van der Waals surface area (Å²) in [6, 6.07) is 3.64. The topological polar surface area (TPSA) is 40.5 Å². The van der Waals surface area contributed by atoms with E-state index in [4.69, 9.17) is 0 Å². The van der Waals surface area contributed by atoms with Gasteiger partial charge in [0, 0.05) is 15.5 Å². The van der Waals surface area contributed by atoms with Gasteiger partial charge in [-0.15, -0.1) is 0 Å². The largest absolute Gasteiger partial charge is 0.508 e. The Hall–Kier alpha value is -0.540. The van der Waals surface area contributed by atoms with Gasteiger partial charge < -0.3 is 10.2 Å². The number of hydrogen-bond donors (Lipinski definition) is 2. The van der Waals surface area contributed by atoms with Gasteiger partial charge in [-0.25, -0.2) is 0 Å². The van der Waals surface area contributed by atoms with Crippen molar-refractivity contribution in [1.82, 2.24) is 0 Å². The van der Waals surface area contributed by atoms with Crippen molar-refractivity contribution >= 4 is 15.9 Å². The number of aromatic hydroxyl groups is 1. The highest BCUT2D eigenvalue weighted by atomic mass is 79.9. The molecule has 0 aliphatic carbocycles. The van der Waals surface area contributed by atoms with Crippen LogP contribution in [-0.2, 0) is 5.41 Å². The number of phenolic OH excluding ortho intramolecular Hbond substituents is 1. The Morgan fingerprint density at radius 2 is 1.93 bits per heavy atom. The molecular formula is C11H15BrO2. The SMILES string of the molecule is Cc1c(O)cc(C(C)(C)CO)cc1Br. The molecule has 78 valence electrons. The molecule has 0 spiro atoms. The molecule has 0 atom stereocenters. The second-order valence-electron chi connectivity index (χ2n) is 4.14. The highest BCUT2D eigenvalue weighted by Gasteiger charge is 2.21. The summed E-state index contributed by atoms with van der Waals surface area (Å²) in [5.41, 5.74) is 1.42. The van der Waals surface area contributed by atoms with Crippen LogP contribution in [0.15, 0.2) is 16.6 Å². The molecule has 1 aromatic carbocycles. The van der Waals surface area contributed by atoms with Crippen LogP contribution < -0.4 is 0 Å². The third-order valence-electron chi connectivity index (χ3n) is 2.49. The van der Waals surface area contributed by atoms with E-state index in [1.165, 1.54) is 0 Å². The Morgan fingerprint density at radius 1 is 1.36 bits per heavy atom. The highest BCUT2D eigenvalue weighted by molar-refractivity contribution is 9.10. The van der Waals surface area contributed by atoms with E-state index in [-0.39, 0.29) is 17.8 Å². The normalized spacial score (nSPS) is 11.8. The Labute approximate surface area is 92.7 Å². The van der Waals surface area contributed by atoms with Gasteiger partial charge in [0.1, 0.15) is 5.75 Å². The molecule has 0 radical (unpaired) electrons. The summed E-state index contributed by atoms with van der Waals surface area (Å²) in [7, 11) is 0. The molecule has 0 aliphatic heterocycles. The molecule has 1 aromatic rings. The first-order valence-corrected chi connectivity index (χ1v) is 5.28. The van der Waals surface area contributed by atoms with Crippen molar-refractivity contribution in [2.24, 2.45) is 0 Å². The zero-order valence-electron chi connectivity index (χ0n) is 8.63. The van der Waals surface area contributed by atoms with E-state index < -0.39 is 0 Å². The highest BCUT2D eigenvalue weighted by Crippen LogP contribution is 2.32. The fourth-order valence-electron chi connectivity index (χ4n) is 1.15. The maximum absolute atomic E-state index is 9.63. The number of halogens is 1. The molecule has 0 saturated heterocycles. The maximum Gasteiger partial charge on any atom is 0.119 e. The van der Waals surface area contributed by atoms with Gasteiger partial charge >= 0.3 is 0 Å². The van der Waals surface area contributed by atoms with E-state index in [9.17, 15) is 10.2 Å². The summed E-state index contributed by atoms with van der Waals surface area (Å²) in [5.74, 6) is 0.260. The summed E-state index contributed by atoms with van der Waals surface area (Å²) >= 11 is 3.38. The second kappa shape index (κ2) is 3.91. The van der Waals surface area contributed by atoms with Crippen molar-refractivity contribution in [1.29, 1.82) is 0 Å². The number of aliphatic hydroxyl groups excluding tert-OH is 1. The molecule has 0 heterocycles. The van der Waals surface area contributed by atoms with E-state index in [0.717, 1.165) is 15.6 Å². The van der Waals surface area contributed by atoms with Crippen molar-refractivity contribution < 1.29 is 10.2 Å².